The van der Waals surface area contributed by atoms with Crippen LogP contribution in [0.5, 0.6) is 0 Å². The standard InChI is InChI=1S/C3H10N2.2ClH.Pd/c4-2-1-3-5;;;/h1-5H2;2*1H;/q;;;+2/p-2. The third-order valence-electron chi connectivity index (χ3n) is 0.408. The van der Waals surface area contributed by atoms with Gasteiger partial charge in [-0.2, -0.15) is 0 Å². The van der Waals surface area contributed by atoms with Crippen LogP contribution in [0, 0.1) is 0 Å². The van der Waals surface area contributed by atoms with E-state index in [1.54, 1.807) is 0 Å². The topological polar surface area (TPSA) is 52.0 Å². The van der Waals surface area contributed by atoms with Crippen LogP contribution in [0.3, 0.4) is 0 Å². The van der Waals surface area contributed by atoms with Gasteiger partial charge in [0, 0.05) is 0 Å². The summed E-state index contributed by atoms with van der Waals surface area (Å²) in [5.41, 5.74) is 10.1. The summed E-state index contributed by atoms with van der Waals surface area (Å²) in [6.07, 6.45) is 0.944. The summed E-state index contributed by atoms with van der Waals surface area (Å²) in [7, 11) is 0. The van der Waals surface area contributed by atoms with Crippen molar-refractivity contribution < 1.29 is 45.2 Å². The van der Waals surface area contributed by atoms with Crippen molar-refractivity contribution in [1.29, 1.82) is 0 Å². The molecule has 0 aromatic rings. The van der Waals surface area contributed by atoms with Crippen molar-refractivity contribution in [2.45, 2.75) is 6.42 Å². The first-order chi connectivity index (χ1) is 2.41. The molecule has 0 aromatic heterocycles. The Labute approximate surface area is 76.2 Å². The third-order valence-corrected chi connectivity index (χ3v) is 0.408. The average molecular weight is 251 g/mol. The molecule has 0 heterocycles. The van der Waals surface area contributed by atoms with Crippen LogP contribution < -0.4 is 36.3 Å². The quantitative estimate of drug-likeness (QED) is 0.480. The molecular formula is C3H10Cl2N2Pd. The van der Waals surface area contributed by atoms with Gasteiger partial charge >= 0.3 is 20.4 Å². The average Bonchev–Trinajstić information content (AvgIpc) is 1.41. The van der Waals surface area contributed by atoms with Gasteiger partial charge in [0.2, 0.25) is 0 Å². The first kappa shape index (κ1) is 22.9. The maximum Gasteiger partial charge on any atom is 2.00 e. The fraction of sp³-hybridized carbons (Fsp3) is 1.00. The number of rotatable bonds is 2. The van der Waals surface area contributed by atoms with Gasteiger partial charge < -0.3 is 36.3 Å². The summed E-state index contributed by atoms with van der Waals surface area (Å²) in [5, 5.41) is 0. The van der Waals surface area contributed by atoms with Crippen LogP contribution in [-0.2, 0) is 20.4 Å². The minimum absolute atomic E-state index is 0. The molecule has 0 aliphatic heterocycles. The van der Waals surface area contributed by atoms with E-state index in [1.165, 1.54) is 0 Å². The third kappa shape index (κ3) is 27.2. The molecule has 4 N–H and O–H groups in total. The van der Waals surface area contributed by atoms with E-state index < -0.39 is 0 Å². The first-order valence-corrected chi connectivity index (χ1v) is 1.82. The molecule has 0 radical (unpaired) electrons. The van der Waals surface area contributed by atoms with Gasteiger partial charge in [-0.1, -0.05) is 0 Å². The number of hydrogen-bond acceptors (Lipinski definition) is 2. The molecule has 0 fully saturated rings. The first-order valence-electron chi connectivity index (χ1n) is 1.82. The van der Waals surface area contributed by atoms with Crippen molar-refractivity contribution in [3.8, 4) is 0 Å². The predicted molar refractivity (Wildman–Crippen MR) is 22.7 cm³/mol. The Bertz CT molecular complexity index is 22.8. The molecule has 5 heteroatoms. The van der Waals surface area contributed by atoms with E-state index in [9.17, 15) is 0 Å². The van der Waals surface area contributed by atoms with Gasteiger partial charge in [-0.05, 0) is 19.5 Å². The summed E-state index contributed by atoms with van der Waals surface area (Å²) < 4.78 is 0. The Morgan fingerprint density at radius 1 is 0.875 bits per heavy atom. The maximum atomic E-state index is 5.06. The van der Waals surface area contributed by atoms with Gasteiger partial charge in [0.05, 0.1) is 0 Å². The van der Waals surface area contributed by atoms with Crippen LogP contribution in [0.2, 0.25) is 0 Å². The zero-order valence-corrected chi connectivity index (χ0v) is 7.41. The van der Waals surface area contributed by atoms with Crippen LogP contribution in [0.4, 0.5) is 0 Å². The van der Waals surface area contributed by atoms with E-state index in [2.05, 4.69) is 0 Å². The second kappa shape index (κ2) is 24.2. The van der Waals surface area contributed by atoms with Crippen LogP contribution in [0.25, 0.3) is 0 Å². The van der Waals surface area contributed by atoms with Gasteiger partial charge in [-0.3, -0.25) is 0 Å². The monoisotopic (exact) mass is 250 g/mol. The summed E-state index contributed by atoms with van der Waals surface area (Å²) >= 11 is 0. The van der Waals surface area contributed by atoms with Crippen molar-refractivity contribution in [1.82, 2.24) is 0 Å². The van der Waals surface area contributed by atoms with Crippen LogP contribution in [0.15, 0.2) is 0 Å². The normalized spacial score (nSPS) is 5.25. The molecule has 0 saturated carbocycles. The summed E-state index contributed by atoms with van der Waals surface area (Å²) in [6, 6.07) is 0. The fourth-order valence-electron chi connectivity index (χ4n) is 0.118. The molecule has 0 bridgehead atoms. The zero-order valence-electron chi connectivity index (χ0n) is 4.35. The van der Waals surface area contributed by atoms with Crippen LogP contribution >= 0.6 is 0 Å². The predicted octanol–water partition coefficient (Wildman–Crippen LogP) is -6.70. The van der Waals surface area contributed by atoms with Gasteiger partial charge in [0.25, 0.3) is 0 Å². The smallest absolute Gasteiger partial charge is 1.00 e. The number of nitrogens with two attached hydrogens (primary N) is 2. The molecule has 0 atom stereocenters. The second-order valence-corrected chi connectivity index (χ2v) is 0.931. The Morgan fingerprint density at radius 3 is 1.12 bits per heavy atom. The Kier molecular flexibility index (Phi) is 69.2. The molecule has 0 unspecified atom stereocenters. The summed E-state index contributed by atoms with van der Waals surface area (Å²) in [5.74, 6) is 0. The molecule has 2 nitrogen and oxygen atoms in total. The van der Waals surface area contributed by atoms with Crippen molar-refractivity contribution >= 4 is 0 Å². The Hall–Kier alpha value is 1.16. The van der Waals surface area contributed by atoms with Crippen molar-refractivity contribution in [2.24, 2.45) is 11.5 Å². The summed E-state index contributed by atoms with van der Waals surface area (Å²) in [4.78, 5) is 0. The molecule has 56 valence electrons. The van der Waals surface area contributed by atoms with E-state index >= 15 is 0 Å². The van der Waals surface area contributed by atoms with E-state index in [0.717, 1.165) is 19.5 Å². The van der Waals surface area contributed by atoms with E-state index in [0.29, 0.717) is 0 Å². The zero-order chi connectivity index (χ0) is 4.12. The maximum absolute atomic E-state index is 5.06. The number of hydrogen-bond donors (Lipinski definition) is 2. The second-order valence-electron chi connectivity index (χ2n) is 0.931. The van der Waals surface area contributed by atoms with Gasteiger partial charge in [-0.25, -0.2) is 0 Å². The van der Waals surface area contributed by atoms with Gasteiger partial charge in [0.15, 0.2) is 0 Å². The van der Waals surface area contributed by atoms with Crippen molar-refractivity contribution in [3.63, 3.8) is 0 Å². The SMILES string of the molecule is NCCCN.[Cl-].[Cl-].[Pd+2]. The van der Waals surface area contributed by atoms with Gasteiger partial charge in [-0.15, -0.1) is 0 Å². The fourth-order valence-corrected chi connectivity index (χ4v) is 0.118. The molecule has 0 aliphatic rings. The van der Waals surface area contributed by atoms with E-state index in [1.807, 2.05) is 0 Å². The molecule has 0 amide bonds. The number of halogens is 2. The molecule has 0 saturated heterocycles. The Morgan fingerprint density at radius 2 is 1.12 bits per heavy atom. The molecule has 0 aliphatic carbocycles. The van der Waals surface area contributed by atoms with Crippen LogP contribution in [0.1, 0.15) is 6.42 Å². The molecule has 8 heavy (non-hydrogen) atoms. The van der Waals surface area contributed by atoms with E-state index in [-0.39, 0.29) is 45.2 Å². The van der Waals surface area contributed by atoms with Crippen LogP contribution in [-0.4, -0.2) is 13.1 Å². The van der Waals surface area contributed by atoms with E-state index in [4.69, 9.17) is 11.5 Å². The molecule has 0 aromatic carbocycles. The van der Waals surface area contributed by atoms with Crippen molar-refractivity contribution in [3.05, 3.63) is 0 Å². The molecule has 0 rings (SSSR count). The van der Waals surface area contributed by atoms with Gasteiger partial charge in [0.1, 0.15) is 0 Å². The Balaban J connectivity index is -0.0000000267. The minimum Gasteiger partial charge on any atom is -1.00 e. The largest absolute Gasteiger partial charge is 2.00 e. The van der Waals surface area contributed by atoms with Crippen molar-refractivity contribution in [2.75, 3.05) is 13.1 Å². The summed E-state index contributed by atoms with van der Waals surface area (Å²) in [6.45, 7) is 1.44. The minimum atomic E-state index is 0. The molecule has 0 spiro atoms. The molecular weight excluding hydrogens is 241 g/mol.